The van der Waals surface area contributed by atoms with Gasteiger partial charge in [0.15, 0.2) is 11.5 Å². The minimum atomic E-state index is 0.501. The van der Waals surface area contributed by atoms with Crippen LogP contribution in [0.2, 0.25) is 0 Å². The molecule has 0 fully saturated rings. The summed E-state index contributed by atoms with van der Waals surface area (Å²) >= 11 is 0. The van der Waals surface area contributed by atoms with Crippen molar-refractivity contribution in [3.8, 4) is 0 Å². The van der Waals surface area contributed by atoms with Gasteiger partial charge in [0.05, 0.1) is 7.11 Å². The van der Waals surface area contributed by atoms with E-state index in [0.717, 1.165) is 5.76 Å². The zero-order chi connectivity index (χ0) is 10.3. The standard InChI is InChI=1S/C11H16O2/c1-6-8-9(3)13-10(4)11(7-2)12-5/h6-8H,1,4H2,2-3,5H3. The first-order valence-corrected chi connectivity index (χ1v) is 4.02. The summed E-state index contributed by atoms with van der Waals surface area (Å²) in [6.45, 7) is 11.0. The Labute approximate surface area is 79.9 Å². The van der Waals surface area contributed by atoms with E-state index < -0.39 is 0 Å². The number of hydrogen-bond acceptors (Lipinski definition) is 2. The Morgan fingerprint density at radius 3 is 2.38 bits per heavy atom. The highest BCUT2D eigenvalue weighted by atomic mass is 16.5. The fraction of sp³-hybridized carbons (Fsp3) is 0.273. The van der Waals surface area contributed by atoms with Crippen LogP contribution >= 0.6 is 0 Å². The number of allylic oxidation sites excluding steroid dienone is 4. The highest BCUT2D eigenvalue weighted by Crippen LogP contribution is 2.13. The maximum atomic E-state index is 5.34. The largest absolute Gasteiger partial charge is 0.493 e. The molecule has 0 aromatic carbocycles. The summed E-state index contributed by atoms with van der Waals surface area (Å²) in [5.74, 6) is 1.87. The zero-order valence-electron chi connectivity index (χ0n) is 8.46. The third-order valence-corrected chi connectivity index (χ3v) is 1.39. The van der Waals surface area contributed by atoms with Crippen molar-refractivity contribution < 1.29 is 9.47 Å². The molecule has 0 unspecified atom stereocenters. The maximum Gasteiger partial charge on any atom is 0.161 e. The molecule has 0 rings (SSSR count). The van der Waals surface area contributed by atoms with Crippen LogP contribution < -0.4 is 0 Å². The van der Waals surface area contributed by atoms with E-state index in [2.05, 4.69) is 13.2 Å². The van der Waals surface area contributed by atoms with Crippen molar-refractivity contribution in [3.05, 3.63) is 48.7 Å². The van der Waals surface area contributed by atoms with E-state index in [9.17, 15) is 0 Å². The van der Waals surface area contributed by atoms with Gasteiger partial charge in [-0.15, -0.1) is 0 Å². The van der Waals surface area contributed by atoms with Crippen LogP contribution in [0.5, 0.6) is 0 Å². The van der Waals surface area contributed by atoms with Crippen molar-refractivity contribution in [2.75, 3.05) is 7.11 Å². The molecule has 0 aliphatic heterocycles. The van der Waals surface area contributed by atoms with Gasteiger partial charge in [-0.05, 0) is 26.0 Å². The van der Waals surface area contributed by atoms with Gasteiger partial charge in [0.25, 0.3) is 0 Å². The van der Waals surface area contributed by atoms with Gasteiger partial charge in [-0.3, -0.25) is 0 Å². The summed E-state index contributed by atoms with van der Waals surface area (Å²) in [5.41, 5.74) is 0. The lowest BCUT2D eigenvalue weighted by molar-refractivity contribution is 0.229. The van der Waals surface area contributed by atoms with Gasteiger partial charge < -0.3 is 9.47 Å². The first-order valence-electron chi connectivity index (χ1n) is 4.02. The summed E-state index contributed by atoms with van der Waals surface area (Å²) in [4.78, 5) is 0. The lowest BCUT2D eigenvalue weighted by atomic mass is 10.4. The van der Waals surface area contributed by atoms with Gasteiger partial charge in [0.1, 0.15) is 5.76 Å². The molecular weight excluding hydrogens is 164 g/mol. The highest BCUT2D eigenvalue weighted by molar-refractivity contribution is 5.18. The average molecular weight is 180 g/mol. The van der Waals surface area contributed by atoms with Crippen molar-refractivity contribution in [1.29, 1.82) is 0 Å². The number of ether oxygens (including phenoxy) is 2. The summed E-state index contributed by atoms with van der Waals surface area (Å²) in [5, 5.41) is 0. The molecule has 0 atom stereocenters. The first kappa shape index (κ1) is 11.6. The Morgan fingerprint density at radius 1 is 1.38 bits per heavy atom. The van der Waals surface area contributed by atoms with Crippen LogP contribution in [0.15, 0.2) is 48.7 Å². The molecule has 0 saturated heterocycles. The predicted molar refractivity (Wildman–Crippen MR) is 54.9 cm³/mol. The van der Waals surface area contributed by atoms with Crippen LogP contribution in [0.25, 0.3) is 0 Å². The number of hydrogen-bond donors (Lipinski definition) is 0. The summed E-state index contributed by atoms with van der Waals surface area (Å²) in [6, 6.07) is 0. The van der Waals surface area contributed by atoms with E-state index in [-0.39, 0.29) is 0 Å². The molecule has 72 valence electrons. The second-order valence-electron chi connectivity index (χ2n) is 2.40. The molecule has 0 amide bonds. The lowest BCUT2D eigenvalue weighted by Crippen LogP contribution is -1.95. The van der Waals surface area contributed by atoms with E-state index in [1.165, 1.54) is 0 Å². The molecule has 0 bridgehead atoms. The summed E-state index contributed by atoms with van der Waals surface area (Å²) in [7, 11) is 1.58. The van der Waals surface area contributed by atoms with Gasteiger partial charge in [-0.1, -0.05) is 19.2 Å². The van der Waals surface area contributed by atoms with E-state index >= 15 is 0 Å². The molecule has 0 aliphatic rings. The highest BCUT2D eigenvalue weighted by Gasteiger charge is 2.02. The molecule has 0 aliphatic carbocycles. The smallest absolute Gasteiger partial charge is 0.161 e. The van der Waals surface area contributed by atoms with Crippen LogP contribution in [0.1, 0.15) is 13.8 Å². The second-order valence-corrected chi connectivity index (χ2v) is 2.40. The molecule has 0 aromatic rings. The molecular formula is C11H16O2. The monoisotopic (exact) mass is 180 g/mol. The molecule has 0 spiro atoms. The molecule has 0 N–H and O–H groups in total. The predicted octanol–water partition coefficient (Wildman–Crippen LogP) is 3.16. The fourth-order valence-corrected chi connectivity index (χ4v) is 0.837. The van der Waals surface area contributed by atoms with Gasteiger partial charge in [-0.2, -0.15) is 0 Å². The van der Waals surface area contributed by atoms with E-state index in [1.807, 2.05) is 13.8 Å². The van der Waals surface area contributed by atoms with Crippen molar-refractivity contribution >= 4 is 0 Å². The molecule has 13 heavy (non-hydrogen) atoms. The first-order chi connectivity index (χ1) is 6.15. The Kier molecular flexibility index (Phi) is 5.44. The van der Waals surface area contributed by atoms with Gasteiger partial charge in [-0.25, -0.2) is 0 Å². The summed E-state index contributed by atoms with van der Waals surface area (Å²) in [6.07, 6.45) is 5.21. The zero-order valence-corrected chi connectivity index (χ0v) is 8.46. The third kappa shape index (κ3) is 4.21. The fourth-order valence-electron chi connectivity index (χ4n) is 0.837. The normalized spacial score (nSPS) is 12.2. The Bertz CT molecular complexity index is 247. The molecule has 0 saturated carbocycles. The maximum absolute atomic E-state index is 5.34. The minimum Gasteiger partial charge on any atom is -0.493 e. The Balaban J connectivity index is 4.30. The van der Waals surface area contributed by atoms with Crippen molar-refractivity contribution in [1.82, 2.24) is 0 Å². The second kappa shape index (κ2) is 6.12. The van der Waals surface area contributed by atoms with Crippen LogP contribution in [0.3, 0.4) is 0 Å². The SMILES string of the molecule is C=CC=C(C)OC(=C)C(=CC)OC. The minimum absolute atomic E-state index is 0.501. The topological polar surface area (TPSA) is 18.5 Å². The number of rotatable bonds is 5. The molecule has 0 radical (unpaired) electrons. The van der Waals surface area contributed by atoms with Gasteiger partial charge >= 0.3 is 0 Å². The van der Waals surface area contributed by atoms with Crippen LogP contribution in [-0.2, 0) is 9.47 Å². The molecule has 0 aromatic heterocycles. The van der Waals surface area contributed by atoms with Crippen molar-refractivity contribution in [3.63, 3.8) is 0 Å². The van der Waals surface area contributed by atoms with Gasteiger partial charge in [0, 0.05) is 0 Å². The number of methoxy groups -OCH3 is 1. The van der Waals surface area contributed by atoms with E-state index in [4.69, 9.17) is 9.47 Å². The molecule has 2 nitrogen and oxygen atoms in total. The average Bonchev–Trinajstić information content (AvgIpc) is 2.06. The molecule has 0 heterocycles. The van der Waals surface area contributed by atoms with Gasteiger partial charge in [0.2, 0.25) is 0 Å². The lowest BCUT2D eigenvalue weighted by Gasteiger charge is -2.10. The van der Waals surface area contributed by atoms with Crippen molar-refractivity contribution in [2.24, 2.45) is 0 Å². The quantitative estimate of drug-likeness (QED) is 0.478. The van der Waals surface area contributed by atoms with Crippen LogP contribution in [-0.4, -0.2) is 7.11 Å². The molecule has 2 heteroatoms. The Morgan fingerprint density at radius 2 is 2.00 bits per heavy atom. The van der Waals surface area contributed by atoms with Crippen LogP contribution in [0, 0.1) is 0 Å². The third-order valence-electron chi connectivity index (χ3n) is 1.39. The van der Waals surface area contributed by atoms with Crippen molar-refractivity contribution in [2.45, 2.75) is 13.8 Å². The van der Waals surface area contributed by atoms with E-state index in [1.54, 1.807) is 25.3 Å². The van der Waals surface area contributed by atoms with Crippen LogP contribution in [0.4, 0.5) is 0 Å². The summed E-state index contributed by atoms with van der Waals surface area (Å²) < 4.78 is 10.4. The van der Waals surface area contributed by atoms with E-state index in [0.29, 0.717) is 11.5 Å². The Hall–Kier alpha value is -1.44.